The van der Waals surface area contributed by atoms with Gasteiger partial charge in [0.05, 0.1) is 19.3 Å². The van der Waals surface area contributed by atoms with Crippen molar-refractivity contribution in [3.05, 3.63) is 59.7 Å². The molecular formula is C32H46O4S. The molecule has 0 aromatic heterocycles. The van der Waals surface area contributed by atoms with Gasteiger partial charge in [0.1, 0.15) is 5.75 Å². The second-order valence-corrected chi connectivity index (χ2v) is 14.5. The lowest BCUT2D eigenvalue weighted by Gasteiger charge is -2.44. The molecule has 0 spiro atoms. The first kappa shape index (κ1) is 28.2. The smallest absolute Gasteiger partial charge is 0.118 e. The largest absolute Gasteiger partial charge is 0.497 e. The quantitative estimate of drug-likeness (QED) is 0.389. The molecule has 3 aliphatic carbocycles. The van der Waals surface area contributed by atoms with E-state index in [-0.39, 0.29) is 0 Å². The Morgan fingerprint density at radius 1 is 1.22 bits per heavy atom. The number of hydrogen-bond acceptors (Lipinski definition) is 4. The van der Waals surface area contributed by atoms with Crippen molar-refractivity contribution in [1.82, 2.24) is 0 Å². The van der Waals surface area contributed by atoms with Gasteiger partial charge < -0.3 is 14.9 Å². The van der Waals surface area contributed by atoms with E-state index in [1.165, 1.54) is 31.3 Å². The van der Waals surface area contributed by atoms with Crippen LogP contribution in [0, 0.1) is 23.2 Å². The number of ether oxygens (including phenoxy) is 1. The van der Waals surface area contributed by atoms with Crippen LogP contribution >= 0.6 is 0 Å². The third-order valence-corrected chi connectivity index (χ3v) is 11.7. The van der Waals surface area contributed by atoms with Crippen molar-refractivity contribution in [2.75, 3.05) is 12.9 Å². The highest BCUT2D eigenvalue weighted by molar-refractivity contribution is 8.00. The zero-order chi connectivity index (χ0) is 26.8. The molecule has 1 aromatic carbocycles. The third-order valence-electron chi connectivity index (χ3n) is 9.61. The SMILES string of the molecule is C=C1/C(=C\C=C2/CCC[C@]3(C)[C@@H]([C@H](C)CCCS(=C)(=O)c4ccc(OC)cc4)CC[C@@H]23)C[C@@H](O)C[C@@H]1O. The topological polar surface area (TPSA) is 66.8 Å². The van der Waals surface area contributed by atoms with Gasteiger partial charge in [-0.05, 0) is 125 Å². The van der Waals surface area contributed by atoms with Crippen LogP contribution in [0.5, 0.6) is 5.75 Å². The molecule has 204 valence electrons. The van der Waals surface area contributed by atoms with Crippen LogP contribution in [-0.2, 0) is 9.52 Å². The molecule has 4 nitrogen and oxygen atoms in total. The van der Waals surface area contributed by atoms with Crippen LogP contribution in [0.25, 0.3) is 0 Å². The van der Waals surface area contributed by atoms with Gasteiger partial charge in [0.25, 0.3) is 0 Å². The van der Waals surface area contributed by atoms with Crippen molar-refractivity contribution in [3.8, 4) is 5.75 Å². The molecule has 0 bridgehead atoms. The number of benzene rings is 1. The first-order chi connectivity index (χ1) is 17.5. The van der Waals surface area contributed by atoms with E-state index in [1.807, 2.05) is 24.3 Å². The normalized spacial score (nSPS) is 34.8. The van der Waals surface area contributed by atoms with Gasteiger partial charge in [0, 0.05) is 17.1 Å². The van der Waals surface area contributed by atoms with Crippen LogP contribution in [0.15, 0.2) is 64.6 Å². The van der Waals surface area contributed by atoms with Crippen molar-refractivity contribution >= 4 is 15.4 Å². The Hall–Kier alpha value is -1.82. The Morgan fingerprint density at radius 2 is 1.95 bits per heavy atom. The minimum Gasteiger partial charge on any atom is -0.497 e. The zero-order valence-corrected chi connectivity index (χ0v) is 23.8. The molecule has 37 heavy (non-hydrogen) atoms. The molecule has 3 saturated carbocycles. The minimum atomic E-state index is -2.30. The average molecular weight is 527 g/mol. The van der Waals surface area contributed by atoms with E-state index >= 15 is 0 Å². The van der Waals surface area contributed by atoms with E-state index in [1.54, 1.807) is 7.11 Å². The maximum atomic E-state index is 13.3. The van der Waals surface area contributed by atoms with E-state index in [0.29, 0.717) is 41.8 Å². The first-order valence-corrected chi connectivity index (χ1v) is 15.9. The highest BCUT2D eigenvalue weighted by atomic mass is 32.2. The Bertz CT molecular complexity index is 1130. The van der Waals surface area contributed by atoms with Crippen LogP contribution in [0.2, 0.25) is 0 Å². The monoisotopic (exact) mass is 526 g/mol. The lowest BCUT2D eigenvalue weighted by atomic mass is 9.61. The van der Waals surface area contributed by atoms with E-state index in [4.69, 9.17) is 4.74 Å². The standard InChI is InChI=1S/C32H46O4S/c1-22(8-7-19-37(5,35)28-14-12-27(36-4)13-15-28)29-16-17-30-24(9-6-18-32(29,30)3)10-11-25-20-26(33)21-31(34)23(25)2/h10-15,22,26,29-31,33-34H,2,5-9,16-21H2,1,3-4H3/b24-10+,25-11-/t22-,26-,29-,30+,31+,32-,37?/m1/s1. The molecule has 2 N–H and O–H groups in total. The molecule has 3 fully saturated rings. The molecule has 0 aliphatic heterocycles. The van der Waals surface area contributed by atoms with Gasteiger partial charge in [-0.1, -0.05) is 38.2 Å². The van der Waals surface area contributed by atoms with E-state index in [2.05, 4.69) is 38.4 Å². The molecule has 0 saturated heterocycles. The highest BCUT2D eigenvalue weighted by Gasteiger charge is 2.50. The number of fused-ring (bicyclic) bond motifs is 1. The number of rotatable bonds is 8. The molecule has 0 amide bonds. The fourth-order valence-corrected chi connectivity index (χ4v) is 8.96. The number of aliphatic hydroxyl groups excluding tert-OH is 2. The number of allylic oxidation sites excluding steroid dienone is 3. The van der Waals surface area contributed by atoms with Crippen LogP contribution in [0.4, 0.5) is 0 Å². The molecule has 7 atom stereocenters. The summed E-state index contributed by atoms with van der Waals surface area (Å²) in [6.07, 6.45) is 12.3. The van der Waals surface area contributed by atoms with Crippen molar-refractivity contribution in [3.63, 3.8) is 0 Å². The molecule has 3 aliphatic rings. The van der Waals surface area contributed by atoms with E-state index in [9.17, 15) is 14.4 Å². The van der Waals surface area contributed by atoms with Gasteiger partial charge in [0.15, 0.2) is 0 Å². The van der Waals surface area contributed by atoms with Gasteiger partial charge in [-0.25, -0.2) is 0 Å². The lowest BCUT2D eigenvalue weighted by molar-refractivity contribution is 0.0861. The highest BCUT2D eigenvalue weighted by Crippen LogP contribution is 2.59. The summed E-state index contributed by atoms with van der Waals surface area (Å²) < 4.78 is 18.5. The van der Waals surface area contributed by atoms with Gasteiger partial charge in [-0.2, -0.15) is 0 Å². The third kappa shape index (κ3) is 6.10. The summed E-state index contributed by atoms with van der Waals surface area (Å²) >= 11 is 0. The summed E-state index contributed by atoms with van der Waals surface area (Å²) in [6, 6.07) is 7.49. The summed E-state index contributed by atoms with van der Waals surface area (Å²) in [5.41, 5.74) is 3.57. The number of aliphatic hydroxyl groups is 2. The summed E-state index contributed by atoms with van der Waals surface area (Å²) in [4.78, 5) is 0.811. The van der Waals surface area contributed by atoms with Crippen molar-refractivity contribution in [1.29, 1.82) is 0 Å². The minimum absolute atomic E-state index is 0.298. The zero-order valence-electron chi connectivity index (χ0n) is 23.0. The average Bonchev–Trinajstić information content (AvgIpc) is 3.22. The molecule has 0 heterocycles. The van der Waals surface area contributed by atoms with Gasteiger partial charge in [-0.3, -0.25) is 4.21 Å². The molecule has 1 unspecified atom stereocenters. The second kappa shape index (κ2) is 11.5. The molecular weight excluding hydrogens is 480 g/mol. The van der Waals surface area contributed by atoms with Crippen molar-refractivity contribution < 1.29 is 19.2 Å². The molecule has 5 heteroatoms. The predicted octanol–water partition coefficient (Wildman–Crippen LogP) is 6.33. The van der Waals surface area contributed by atoms with Crippen molar-refractivity contribution in [2.24, 2.45) is 23.2 Å². The maximum Gasteiger partial charge on any atom is 0.118 e. The predicted molar refractivity (Wildman–Crippen MR) is 155 cm³/mol. The summed E-state index contributed by atoms with van der Waals surface area (Å²) in [5.74, 6) is 7.33. The Morgan fingerprint density at radius 3 is 2.65 bits per heavy atom. The molecule has 1 aromatic rings. The fraction of sp³-hybridized carbons (Fsp3) is 0.594. The summed E-state index contributed by atoms with van der Waals surface area (Å²) in [6.45, 7) is 8.97. The Labute approximate surface area is 224 Å². The second-order valence-electron chi connectivity index (χ2n) is 12.0. The fourth-order valence-electron chi connectivity index (χ4n) is 7.46. The van der Waals surface area contributed by atoms with Crippen molar-refractivity contribution in [2.45, 2.75) is 88.7 Å². The number of methoxy groups -OCH3 is 1. The van der Waals surface area contributed by atoms with E-state index in [0.717, 1.165) is 41.1 Å². The van der Waals surface area contributed by atoms with Crippen LogP contribution in [-0.4, -0.2) is 45.4 Å². The Kier molecular flexibility index (Phi) is 8.77. The van der Waals surface area contributed by atoms with E-state index < -0.39 is 21.7 Å². The first-order valence-electron chi connectivity index (χ1n) is 14.0. The van der Waals surface area contributed by atoms with Gasteiger partial charge >= 0.3 is 0 Å². The van der Waals surface area contributed by atoms with Crippen LogP contribution in [0.1, 0.15) is 71.6 Å². The Balaban J connectivity index is 1.39. The van der Waals surface area contributed by atoms with Gasteiger partial charge in [0.2, 0.25) is 0 Å². The number of hydrogen-bond donors (Lipinski definition) is 2. The van der Waals surface area contributed by atoms with Crippen LogP contribution < -0.4 is 4.74 Å². The van der Waals surface area contributed by atoms with Gasteiger partial charge in [-0.15, -0.1) is 0 Å². The summed E-state index contributed by atoms with van der Waals surface area (Å²) in [5, 5.41) is 20.3. The maximum absolute atomic E-state index is 13.3. The molecule has 4 rings (SSSR count). The summed E-state index contributed by atoms with van der Waals surface area (Å²) in [7, 11) is -0.659. The lowest BCUT2D eigenvalue weighted by Crippen LogP contribution is -2.36. The van der Waals surface area contributed by atoms with Crippen LogP contribution in [0.3, 0.4) is 0 Å². The molecule has 0 radical (unpaired) electrons.